The maximum atomic E-state index is 9.47. The number of carbonyl (C=O) groups is 1. The molecule has 4 N–H and O–H groups in total. The molecule has 0 aromatic carbocycles. The Balaban J connectivity index is 0.000000217. The molecule has 0 spiro atoms. The van der Waals surface area contributed by atoms with E-state index in [0.717, 1.165) is 6.08 Å². The largest absolute Gasteiger partial charge is 0.384 e. The first-order chi connectivity index (χ1) is 5.66. The zero-order chi connectivity index (χ0) is 9.40. The molecule has 1 aromatic heterocycles. The highest BCUT2D eigenvalue weighted by atomic mass is 16.1. The molecular formula is C8H11N3O. The summed E-state index contributed by atoms with van der Waals surface area (Å²) in [5.74, 6) is 0.0903. The number of aromatic nitrogens is 1. The second-order valence-electron chi connectivity index (χ2n) is 1.86. The molecule has 0 atom stereocenters. The van der Waals surface area contributed by atoms with Gasteiger partial charge >= 0.3 is 0 Å². The third-order valence-electron chi connectivity index (χ3n) is 0.889. The van der Waals surface area contributed by atoms with E-state index in [1.165, 1.54) is 0 Å². The van der Waals surface area contributed by atoms with Crippen molar-refractivity contribution in [1.29, 1.82) is 0 Å². The van der Waals surface area contributed by atoms with Gasteiger partial charge in [0.1, 0.15) is 5.82 Å². The SMILES string of the molecule is C=CC(N)=O.Nc1ccccn1. The minimum atomic E-state index is -0.481. The molecule has 1 amide bonds. The van der Waals surface area contributed by atoms with Crippen molar-refractivity contribution in [1.82, 2.24) is 4.98 Å². The number of hydrogen-bond donors (Lipinski definition) is 2. The first-order valence-electron chi connectivity index (χ1n) is 3.25. The molecule has 1 aromatic rings. The minimum absolute atomic E-state index is 0.481. The fourth-order valence-electron chi connectivity index (χ4n) is 0.376. The van der Waals surface area contributed by atoms with Crippen LogP contribution in [0.25, 0.3) is 0 Å². The van der Waals surface area contributed by atoms with E-state index in [9.17, 15) is 4.79 Å². The van der Waals surface area contributed by atoms with Gasteiger partial charge in [-0.15, -0.1) is 0 Å². The van der Waals surface area contributed by atoms with Crippen molar-refractivity contribution in [3.63, 3.8) is 0 Å². The van der Waals surface area contributed by atoms with Crippen LogP contribution in [0.5, 0.6) is 0 Å². The molecule has 0 aliphatic heterocycles. The normalized spacial score (nSPS) is 7.67. The smallest absolute Gasteiger partial charge is 0.240 e. The van der Waals surface area contributed by atoms with Gasteiger partial charge in [0.15, 0.2) is 0 Å². The van der Waals surface area contributed by atoms with Gasteiger partial charge in [-0.2, -0.15) is 0 Å². The van der Waals surface area contributed by atoms with Gasteiger partial charge in [-0.1, -0.05) is 12.6 Å². The van der Waals surface area contributed by atoms with Crippen LogP contribution in [0.3, 0.4) is 0 Å². The van der Waals surface area contributed by atoms with Crippen LogP contribution in [0.4, 0.5) is 5.82 Å². The second kappa shape index (κ2) is 5.91. The van der Waals surface area contributed by atoms with Gasteiger partial charge in [0.05, 0.1) is 0 Å². The summed E-state index contributed by atoms with van der Waals surface area (Å²) >= 11 is 0. The number of hydrogen-bond acceptors (Lipinski definition) is 3. The van der Waals surface area contributed by atoms with Crippen molar-refractivity contribution in [3.05, 3.63) is 37.1 Å². The van der Waals surface area contributed by atoms with Crippen LogP contribution in [0, 0.1) is 0 Å². The standard InChI is InChI=1S/C5H6N2.C3H5NO/c6-5-3-1-2-4-7-5;1-2-3(4)5/h1-4H,(H2,6,7);2H,1H2,(H2,4,5). The lowest BCUT2D eigenvalue weighted by Crippen LogP contribution is -2.04. The zero-order valence-corrected chi connectivity index (χ0v) is 6.60. The zero-order valence-electron chi connectivity index (χ0n) is 6.60. The van der Waals surface area contributed by atoms with E-state index in [-0.39, 0.29) is 0 Å². The summed E-state index contributed by atoms with van der Waals surface area (Å²) < 4.78 is 0. The number of amides is 1. The van der Waals surface area contributed by atoms with E-state index in [0.29, 0.717) is 5.82 Å². The Bertz CT molecular complexity index is 246. The molecule has 0 aliphatic rings. The molecule has 1 rings (SSSR count). The summed E-state index contributed by atoms with van der Waals surface area (Å²) in [6.45, 7) is 3.09. The fraction of sp³-hybridized carbons (Fsp3) is 0. The molecule has 1 heterocycles. The fourth-order valence-corrected chi connectivity index (χ4v) is 0.376. The lowest BCUT2D eigenvalue weighted by molar-refractivity contribution is -0.113. The van der Waals surface area contributed by atoms with E-state index in [4.69, 9.17) is 5.73 Å². The van der Waals surface area contributed by atoms with E-state index < -0.39 is 5.91 Å². The maximum absolute atomic E-state index is 9.47. The molecule has 4 heteroatoms. The molecule has 0 unspecified atom stereocenters. The average molecular weight is 165 g/mol. The van der Waals surface area contributed by atoms with Crippen LogP contribution in [-0.2, 0) is 4.79 Å². The van der Waals surface area contributed by atoms with Gasteiger partial charge in [-0.3, -0.25) is 4.79 Å². The molecule has 0 fully saturated rings. The van der Waals surface area contributed by atoms with Gasteiger partial charge in [0.25, 0.3) is 0 Å². The van der Waals surface area contributed by atoms with E-state index >= 15 is 0 Å². The van der Waals surface area contributed by atoms with Crippen LogP contribution in [0.2, 0.25) is 0 Å². The Kier molecular flexibility index (Phi) is 5.00. The Morgan fingerprint density at radius 1 is 1.58 bits per heavy atom. The van der Waals surface area contributed by atoms with Crippen LogP contribution in [0.1, 0.15) is 0 Å². The molecule has 0 saturated carbocycles. The van der Waals surface area contributed by atoms with Gasteiger partial charge in [-0.05, 0) is 18.2 Å². The molecule has 12 heavy (non-hydrogen) atoms. The minimum Gasteiger partial charge on any atom is -0.384 e. The van der Waals surface area contributed by atoms with Crippen molar-refractivity contribution in [2.75, 3.05) is 5.73 Å². The van der Waals surface area contributed by atoms with Crippen molar-refractivity contribution in [2.24, 2.45) is 5.73 Å². The monoisotopic (exact) mass is 165 g/mol. The predicted molar refractivity (Wildman–Crippen MR) is 48.0 cm³/mol. The molecule has 0 saturated heterocycles. The van der Waals surface area contributed by atoms with Crippen LogP contribution >= 0.6 is 0 Å². The van der Waals surface area contributed by atoms with E-state index in [2.05, 4.69) is 17.3 Å². The highest BCUT2D eigenvalue weighted by Gasteiger charge is 1.73. The van der Waals surface area contributed by atoms with Crippen LogP contribution in [0.15, 0.2) is 37.1 Å². The average Bonchev–Trinajstić information content (AvgIpc) is 2.07. The van der Waals surface area contributed by atoms with Crippen molar-refractivity contribution in [2.45, 2.75) is 0 Å². The number of pyridine rings is 1. The molecule has 4 nitrogen and oxygen atoms in total. The van der Waals surface area contributed by atoms with Crippen molar-refractivity contribution in [3.8, 4) is 0 Å². The summed E-state index contributed by atoms with van der Waals surface area (Å²) in [6, 6.07) is 5.43. The summed E-state index contributed by atoms with van der Waals surface area (Å²) in [6.07, 6.45) is 2.72. The summed E-state index contributed by atoms with van der Waals surface area (Å²) in [5, 5.41) is 0. The second-order valence-corrected chi connectivity index (χ2v) is 1.86. The Morgan fingerprint density at radius 3 is 2.33 bits per heavy atom. The van der Waals surface area contributed by atoms with E-state index in [1.807, 2.05) is 12.1 Å². The van der Waals surface area contributed by atoms with Gasteiger partial charge in [0.2, 0.25) is 5.91 Å². The molecule has 0 bridgehead atoms. The Hall–Kier alpha value is -1.84. The van der Waals surface area contributed by atoms with Crippen molar-refractivity contribution < 1.29 is 4.79 Å². The molecular weight excluding hydrogens is 154 g/mol. The van der Waals surface area contributed by atoms with E-state index in [1.54, 1.807) is 12.3 Å². The predicted octanol–water partition coefficient (Wildman–Crippen LogP) is 0.321. The van der Waals surface area contributed by atoms with Gasteiger partial charge < -0.3 is 11.5 Å². The molecule has 0 aliphatic carbocycles. The third-order valence-corrected chi connectivity index (χ3v) is 0.889. The Labute approximate surface area is 70.9 Å². The lowest BCUT2D eigenvalue weighted by Gasteiger charge is -1.82. The molecule has 64 valence electrons. The van der Waals surface area contributed by atoms with Crippen LogP contribution < -0.4 is 11.5 Å². The number of carbonyl (C=O) groups excluding carboxylic acids is 1. The van der Waals surface area contributed by atoms with Gasteiger partial charge in [0, 0.05) is 6.20 Å². The number of anilines is 1. The first kappa shape index (κ1) is 10.2. The highest BCUT2D eigenvalue weighted by molar-refractivity contribution is 5.84. The number of nitrogen functional groups attached to an aromatic ring is 1. The quantitative estimate of drug-likeness (QED) is 0.588. The number of rotatable bonds is 1. The summed E-state index contributed by atoms with van der Waals surface area (Å²) in [5.41, 5.74) is 9.78. The first-order valence-corrected chi connectivity index (χ1v) is 3.25. The maximum Gasteiger partial charge on any atom is 0.240 e. The number of nitrogens with zero attached hydrogens (tertiary/aromatic N) is 1. The number of nitrogens with two attached hydrogens (primary N) is 2. The topological polar surface area (TPSA) is 82.0 Å². The molecule has 0 radical (unpaired) electrons. The Morgan fingerprint density at radius 2 is 2.17 bits per heavy atom. The van der Waals surface area contributed by atoms with Gasteiger partial charge in [-0.25, -0.2) is 4.98 Å². The number of primary amides is 1. The summed E-state index contributed by atoms with van der Waals surface area (Å²) in [7, 11) is 0. The third kappa shape index (κ3) is 6.28. The van der Waals surface area contributed by atoms with Crippen molar-refractivity contribution >= 4 is 11.7 Å². The lowest BCUT2D eigenvalue weighted by atomic mass is 10.5. The summed E-state index contributed by atoms with van der Waals surface area (Å²) in [4.78, 5) is 13.2. The van der Waals surface area contributed by atoms with Crippen LogP contribution in [-0.4, -0.2) is 10.9 Å². The highest BCUT2D eigenvalue weighted by Crippen LogP contribution is 1.89.